The van der Waals surface area contributed by atoms with Crippen molar-refractivity contribution in [3.63, 3.8) is 0 Å². The molecule has 21 heavy (non-hydrogen) atoms. The molecule has 0 atom stereocenters. The highest BCUT2D eigenvalue weighted by Crippen LogP contribution is 2.30. The maximum Gasteiger partial charge on any atom is 0.189 e. The number of rotatable bonds is 3. The number of carbonyl (C=O) groups excluding carboxylic acids is 1. The molecule has 1 aliphatic carbocycles. The molecule has 3 heteroatoms. The van der Waals surface area contributed by atoms with Gasteiger partial charge in [0.05, 0.1) is 14.2 Å². The molecule has 0 aromatic heterocycles. The Labute approximate surface area is 123 Å². The molecule has 3 nitrogen and oxygen atoms in total. The first-order chi connectivity index (χ1) is 10.2. The predicted molar refractivity (Wildman–Crippen MR) is 82.0 cm³/mol. The Morgan fingerprint density at radius 1 is 0.952 bits per heavy atom. The molecule has 0 saturated carbocycles. The van der Waals surface area contributed by atoms with Gasteiger partial charge in [-0.2, -0.15) is 0 Å². The van der Waals surface area contributed by atoms with Gasteiger partial charge in [0.2, 0.25) is 0 Å². The normalized spacial score (nSPS) is 15.1. The zero-order valence-corrected chi connectivity index (χ0v) is 12.1. The molecule has 3 rings (SSSR count). The van der Waals surface area contributed by atoms with Crippen LogP contribution in [0.4, 0.5) is 0 Å². The van der Waals surface area contributed by atoms with Crippen molar-refractivity contribution >= 4 is 11.9 Å². The lowest BCUT2D eigenvalue weighted by Gasteiger charge is -2.01. The number of hydrogen-bond donors (Lipinski definition) is 0. The fourth-order valence-electron chi connectivity index (χ4n) is 2.54. The van der Waals surface area contributed by atoms with Crippen molar-refractivity contribution in [2.75, 3.05) is 14.2 Å². The molecule has 0 radical (unpaired) electrons. The number of benzene rings is 2. The van der Waals surface area contributed by atoms with E-state index >= 15 is 0 Å². The van der Waals surface area contributed by atoms with Crippen LogP contribution in [-0.2, 0) is 6.42 Å². The minimum absolute atomic E-state index is 0.100. The van der Waals surface area contributed by atoms with E-state index in [0.29, 0.717) is 6.42 Å². The summed E-state index contributed by atoms with van der Waals surface area (Å²) in [5.74, 6) is 1.69. The fraction of sp³-hybridized carbons (Fsp3) is 0.167. The monoisotopic (exact) mass is 280 g/mol. The molecular formula is C18H16O3. The van der Waals surface area contributed by atoms with Gasteiger partial charge in [0, 0.05) is 17.6 Å². The Morgan fingerprint density at radius 3 is 2.29 bits per heavy atom. The van der Waals surface area contributed by atoms with Crippen LogP contribution in [0.5, 0.6) is 11.5 Å². The molecular weight excluding hydrogens is 264 g/mol. The summed E-state index contributed by atoms with van der Waals surface area (Å²) >= 11 is 0. The zero-order chi connectivity index (χ0) is 14.8. The summed E-state index contributed by atoms with van der Waals surface area (Å²) in [6, 6.07) is 13.3. The number of allylic oxidation sites excluding steroid dienone is 1. The van der Waals surface area contributed by atoms with Crippen LogP contribution in [0.25, 0.3) is 6.08 Å². The highest BCUT2D eigenvalue weighted by Gasteiger charge is 2.24. The third-order valence-electron chi connectivity index (χ3n) is 3.69. The fourth-order valence-corrected chi connectivity index (χ4v) is 2.54. The number of carbonyl (C=O) groups is 1. The number of fused-ring (bicyclic) bond motifs is 1. The van der Waals surface area contributed by atoms with E-state index in [1.54, 1.807) is 14.2 Å². The first-order valence-electron chi connectivity index (χ1n) is 6.77. The predicted octanol–water partition coefficient (Wildman–Crippen LogP) is 3.53. The molecule has 106 valence electrons. The lowest BCUT2D eigenvalue weighted by atomic mass is 10.1. The summed E-state index contributed by atoms with van der Waals surface area (Å²) in [7, 11) is 3.27. The van der Waals surface area contributed by atoms with Crippen LogP contribution in [0.15, 0.2) is 48.0 Å². The molecule has 0 bridgehead atoms. The Hall–Kier alpha value is -2.55. The molecule has 2 aromatic rings. The van der Waals surface area contributed by atoms with Crippen LogP contribution >= 0.6 is 0 Å². The number of methoxy groups -OCH3 is 2. The molecule has 0 heterocycles. The molecule has 0 fully saturated rings. The van der Waals surface area contributed by atoms with E-state index in [-0.39, 0.29) is 5.78 Å². The summed E-state index contributed by atoms with van der Waals surface area (Å²) < 4.78 is 10.3. The summed E-state index contributed by atoms with van der Waals surface area (Å²) in [4.78, 5) is 12.4. The average Bonchev–Trinajstić information content (AvgIpc) is 2.83. The minimum Gasteiger partial charge on any atom is -0.497 e. The van der Waals surface area contributed by atoms with Gasteiger partial charge >= 0.3 is 0 Å². The van der Waals surface area contributed by atoms with Gasteiger partial charge in [0.25, 0.3) is 0 Å². The third kappa shape index (κ3) is 2.55. The smallest absolute Gasteiger partial charge is 0.189 e. The van der Waals surface area contributed by atoms with Gasteiger partial charge < -0.3 is 9.47 Å². The van der Waals surface area contributed by atoms with Crippen molar-refractivity contribution in [2.24, 2.45) is 0 Å². The van der Waals surface area contributed by atoms with E-state index in [0.717, 1.165) is 33.8 Å². The highest BCUT2D eigenvalue weighted by atomic mass is 16.5. The molecule has 0 unspecified atom stereocenters. The van der Waals surface area contributed by atoms with Gasteiger partial charge in [-0.25, -0.2) is 0 Å². The van der Waals surface area contributed by atoms with Gasteiger partial charge in [0.1, 0.15) is 11.5 Å². The van der Waals surface area contributed by atoms with Gasteiger partial charge in [0.15, 0.2) is 5.78 Å². The van der Waals surface area contributed by atoms with Crippen molar-refractivity contribution in [1.29, 1.82) is 0 Å². The standard InChI is InChI=1S/C18H16O3/c1-20-15-5-3-12(4-6-15)9-14-10-13-11-16(21-2)7-8-17(13)18(14)19/h3-9,11H,10H2,1-2H3. The molecule has 0 amide bonds. The van der Waals surface area contributed by atoms with Crippen molar-refractivity contribution < 1.29 is 14.3 Å². The first kappa shape index (κ1) is 13.4. The molecule has 2 aromatic carbocycles. The maximum atomic E-state index is 12.4. The van der Waals surface area contributed by atoms with Gasteiger partial charge in [-0.05, 0) is 47.5 Å². The van der Waals surface area contributed by atoms with E-state index in [1.807, 2.05) is 48.5 Å². The number of ether oxygens (including phenoxy) is 2. The Balaban J connectivity index is 1.90. The van der Waals surface area contributed by atoms with Crippen molar-refractivity contribution in [2.45, 2.75) is 6.42 Å². The second kappa shape index (κ2) is 5.44. The Kier molecular flexibility index (Phi) is 3.48. The van der Waals surface area contributed by atoms with Crippen molar-refractivity contribution in [1.82, 2.24) is 0 Å². The lowest BCUT2D eigenvalue weighted by Crippen LogP contribution is -1.95. The van der Waals surface area contributed by atoms with Crippen molar-refractivity contribution in [3.05, 3.63) is 64.7 Å². The highest BCUT2D eigenvalue weighted by molar-refractivity contribution is 6.15. The lowest BCUT2D eigenvalue weighted by molar-refractivity contribution is 0.104. The third-order valence-corrected chi connectivity index (χ3v) is 3.69. The van der Waals surface area contributed by atoms with Gasteiger partial charge in [-0.3, -0.25) is 4.79 Å². The molecule has 1 aliphatic rings. The zero-order valence-electron chi connectivity index (χ0n) is 12.1. The molecule has 0 N–H and O–H groups in total. The van der Waals surface area contributed by atoms with Gasteiger partial charge in [-0.1, -0.05) is 12.1 Å². The topological polar surface area (TPSA) is 35.5 Å². The summed E-state index contributed by atoms with van der Waals surface area (Å²) in [6.07, 6.45) is 2.59. The first-order valence-corrected chi connectivity index (χ1v) is 6.77. The molecule has 0 spiro atoms. The summed E-state index contributed by atoms with van der Waals surface area (Å²) in [6.45, 7) is 0. The number of Topliss-reactive ketones (excluding diaryl/α,β-unsaturated/α-hetero) is 1. The second-order valence-electron chi connectivity index (χ2n) is 4.97. The Morgan fingerprint density at radius 2 is 1.62 bits per heavy atom. The summed E-state index contributed by atoms with van der Waals surface area (Å²) in [5.41, 5.74) is 3.61. The van der Waals surface area contributed by atoms with Crippen LogP contribution in [-0.4, -0.2) is 20.0 Å². The van der Waals surface area contributed by atoms with Crippen LogP contribution in [0.1, 0.15) is 21.5 Å². The van der Waals surface area contributed by atoms with Crippen LogP contribution in [0, 0.1) is 0 Å². The van der Waals surface area contributed by atoms with E-state index in [4.69, 9.17) is 9.47 Å². The van der Waals surface area contributed by atoms with E-state index in [9.17, 15) is 4.79 Å². The quantitative estimate of drug-likeness (QED) is 0.807. The minimum atomic E-state index is 0.100. The summed E-state index contributed by atoms with van der Waals surface area (Å²) in [5, 5.41) is 0. The van der Waals surface area contributed by atoms with Crippen LogP contribution in [0.2, 0.25) is 0 Å². The second-order valence-corrected chi connectivity index (χ2v) is 4.97. The van der Waals surface area contributed by atoms with Crippen molar-refractivity contribution in [3.8, 4) is 11.5 Å². The number of hydrogen-bond acceptors (Lipinski definition) is 3. The van der Waals surface area contributed by atoms with Gasteiger partial charge in [-0.15, -0.1) is 0 Å². The molecule has 0 saturated heterocycles. The largest absolute Gasteiger partial charge is 0.497 e. The van der Waals surface area contributed by atoms with Crippen LogP contribution < -0.4 is 9.47 Å². The average molecular weight is 280 g/mol. The van der Waals surface area contributed by atoms with E-state index < -0.39 is 0 Å². The van der Waals surface area contributed by atoms with E-state index in [1.165, 1.54) is 0 Å². The SMILES string of the molecule is COc1ccc(C=C2Cc3cc(OC)ccc3C2=O)cc1. The molecule has 0 aliphatic heterocycles. The Bertz CT molecular complexity index is 712. The number of ketones is 1. The van der Waals surface area contributed by atoms with E-state index in [2.05, 4.69) is 0 Å². The van der Waals surface area contributed by atoms with Crippen LogP contribution in [0.3, 0.4) is 0 Å². The maximum absolute atomic E-state index is 12.4.